The van der Waals surface area contributed by atoms with Gasteiger partial charge in [0.25, 0.3) is 0 Å². The highest BCUT2D eigenvalue weighted by Crippen LogP contribution is 2.31. The molecule has 0 spiro atoms. The van der Waals surface area contributed by atoms with Crippen LogP contribution in [0, 0.1) is 0 Å². The smallest absolute Gasteiger partial charge is 0.209 e. The summed E-state index contributed by atoms with van der Waals surface area (Å²) in [5.41, 5.74) is 5.55. The predicted molar refractivity (Wildman–Crippen MR) is 133 cm³/mol. The number of aromatic nitrogens is 1. The maximum Gasteiger partial charge on any atom is 0.209 e. The summed E-state index contributed by atoms with van der Waals surface area (Å²) in [6.45, 7) is 7.61. The highest BCUT2D eigenvalue weighted by Gasteiger charge is 2.19. The molecular weight excluding hydrogens is 412 g/mol. The van der Waals surface area contributed by atoms with E-state index in [-0.39, 0.29) is 11.6 Å². The molecule has 0 saturated heterocycles. The number of hydrogen-bond acceptors (Lipinski definition) is 4. The summed E-state index contributed by atoms with van der Waals surface area (Å²) in [4.78, 5) is 27.8. The largest absolute Gasteiger partial charge is 0.497 e. The van der Waals surface area contributed by atoms with Crippen molar-refractivity contribution in [2.45, 2.75) is 20.8 Å². The maximum atomic E-state index is 13.5. The van der Waals surface area contributed by atoms with E-state index in [4.69, 9.17) is 4.74 Å². The maximum absolute atomic E-state index is 13.5. The van der Waals surface area contributed by atoms with Gasteiger partial charge in [0.1, 0.15) is 5.75 Å². The molecular formula is C28H28N2O3. The van der Waals surface area contributed by atoms with Crippen molar-refractivity contribution in [1.29, 1.82) is 0 Å². The fourth-order valence-electron chi connectivity index (χ4n) is 4.15. The van der Waals surface area contributed by atoms with Gasteiger partial charge in [-0.25, -0.2) is 0 Å². The topological polar surface area (TPSA) is 51.0 Å². The van der Waals surface area contributed by atoms with E-state index >= 15 is 0 Å². The van der Waals surface area contributed by atoms with Crippen molar-refractivity contribution >= 4 is 22.8 Å². The van der Waals surface area contributed by atoms with Gasteiger partial charge in [0.05, 0.1) is 18.3 Å². The summed E-state index contributed by atoms with van der Waals surface area (Å²) in [6.07, 6.45) is 1.80. The van der Waals surface area contributed by atoms with Gasteiger partial charge < -0.3 is 14.0 Å². The number of pyridine rings is 1. The third-order valence-electron chi connectivity index (χ3n) is 6.07. The zero-order valence-corrected chi connectivity index (χ0v) is 19.5. The SMILES string of the molecule is CCN(CC)c1ccc(C(=O)c2cc(-c3ccc(OC)cc3)c3cc(C(C)=O)ccn23)cc1. The summed E-state index contributed by atoms with van der Waals surface area (Å²) in [5, 5.41) is 0. The molecule has 0 saturated carbocycles. The van der Waals surface area contributed by atoms with Crippen LogP contribution in [-0.2, 0) is 0 Å². The Bertz CT molecular complexity index is 1300. The van der Waals surface area contributed by atoms with E-state index in [0.717, 1.165) is 41.2 Å². The van der Waals surface area contributed by atoms with Gasteiger partial charge in [0, 0.05) is 41.7 Å². The van der Waals surface area contributed by atoms with Crippen molar-refractivity contribution in [3.05, 3.63) is 89.7 Å². The molecule has 0 bridgehead atoms. The Morgan fingerprint density at radius 3 is 2.12 bits per heavy atom. The molecule has 4 aromatic rings. The summed E-state index contributed by atoms with van der Waals surface area (Å²) in [5.74, 6) is 0.682. The fraction of sp³-hybridized carbons (Fsp3) is 0.214. The van der Waals surface area contributed by atoms with Gasteiger partial charge in [-0.15, -0.1) is 0 Å². The van der Waals surface area contributed by atoms with Crippen LogP contribution in [0.5, 0.6) is 5.75 Å². The van der Waals surface area contributed by atoms with Crippen molar-refractivity contribution in [2.24, 2.45) is 0 Å². The Hall–Kier alpha value is -3.86. The number of hydrogen-bond donors (Lipinski definition) is 0. The molecule has 0 unspecified atom stereocenters. The Morgan fingerprint density at radius 1 is 0.879 bits per heavy atom. The molecule has 2 heterocycles. The Morgan fingerprint density at radius 2 is 1.55 bits per heavy atom. The standard InChI is InChI=1S/C28H28N2O3/c1-5-29(6-2)23-11-7-21(8-12-23)28(32)27-18-25(20-9-13-24(33-4)14-10-20)26-17-22(19(3)31)15-16-30(26)27/h7-18H,5-6H2,1-4H3. The zero-order valence-electron chi connectivity index (χ0n) is 19.5. The first-order chi connectivity index (χ1) is 16.0. The second-order valence-corrected chi connectivity index (χ2v) is 7.95. The molecule has 0 aliphatic heterocycles. The van der Waals surface area contributed by atoms with Crippen LogP contribution in [-0.4, -0.2) is 36.2 Å². The first-order valence-electron chi connectivity index (χ1n) is 11.2. The molecule has 0 N–H and O–H groups in total. The molecule has 5 nitrogen and oxygen atoms in total. The van der Waals surface area contributed by atoms with Crippen LogP contribution in [0.15, 0.2) is 72.9 Å². The molecule has 2 aromatic carbocycles. The molecule has 168 valence electrons. The highest BCUT2D eigenvalue weighted by molar-refractivity contribution is 6.10. The number of fused-ring (bicyclic) bond motifs is 1. The Labute approximate surface area is 194 Å². The monoisotopic (exact) mass is 440 g/mol. The second kappa shape index (κ2) is 9.33. The van der Waals surface area contributed by atoms with Crippen LogP contribution >= 0.6 is 0 Å². The van der Waals surface area contributed by atoms with Crippen molar-refractivity contribution in [3.8, 4) is 16.9 Å². The number of rotatable bonds is 8. The predicted octanol–water partition coefficient (Wildman–Crippen LogP) is 5.89. The lowest BCUT2D eigenvalue weighted by molar-refractivity contribution is 0.101. The number of carbonyl (C=O) groups excluding carboxylic acids is 2. The summed E-state index contributed by atoms with van der Waals surface area (Å²) >= 11 is 0. The zero-order chi connectivity index (χ0) is 23.5. The molecule has 0 radical (unpaired) electrons. The number of nitrogens with zero attached hydrogens (tertiary/aromatic N) is 2. The van der Waals surface area contributed by atoms with Gasteiger partial charge >= 0.3 is 0 Å². The Kier molecular flexibility index (Phi) is 6.31. The van der Waals surface area contributed by atoms with Crippen LogP contribution in [0.2, 0.25) is 0 Å². The lowest BCUT2D eigenvalue weighted by Crippen LogP contribution is -2.21. The molecule has 0 aliphatic carbocycles. The van der Waals surface area contributed by atoms with Crippen LogP contribution in [0.1, 0.15) is 47.2 Å². The summed E-state index contributed by atoms with van der Waals surface area (Å²) < 4.78 is 7.15. The number of methoxy groups -OCH3 is 1. The lowest BCUT2D eigenvalue weighted by Gasteiger charge is -2.21. The second-order valence-electron chi connectivity index (χ2n) is 7.95. The van der Waals surface area contributed by atoms with Gasteiger partial charge in [-0.05, 0) is 80.9 Å². The van der Waals surface area contributed by atoms with E-state index < -0.39 is 0 Å². The van der Waals surface area contributed by atoms with Gasteiger partial charge in [-0.1, -0.05) is 12.1 Å². The number of carbonyl (C=O) groups is 2. The number of benzene rings is 2. The number of ketones is 2. The Balaban J connectivity index is 1.81. The third-order valence-corrected chi connectivity index (χ3v) is 6.07. The summed E-state index contributed by atoms with van der Waals surface area (Å²) in [7, 11) is 1.63. The van der Waals surface area contributed by atoms with Crippen LogP contribution < -0.4 is 9.64 Å². The van der Waals surface area contributed by atoms with Gasteiger partial charge in [0.2, 0.25) is 5.78 Å². The highest BCUT2D eigenvalue weighted by atomic mass is 16.5. The number of Topliss-reactive ketones (excluding diaryl/α,β-unsaturated/α-hetero) is 1. The van der Waals surface area contributed by atoms with Crippen LogP contribution in [0.3, 0.4) is 0 Å². The van der Waals surface area contributed by atoms with E-state index in [1.54, 1.807) is 26.3 Å². The number of anilines is 1. The minimum atomic E-state index is -0.0635. The van der Waals surface area contributed by atoms with Gasteiger partial charge in [0.15, 0.2) is 5.78 Å². The summed E-state index contributed by atoms with van der Waals surface area (Å²) in [6, 6.07) is 21.0. The molecule has 2 aromatic heterocycles. The van der Waals surface area contributed by atoms with Crippen LogP contribution in [0.25, 0.3) is 16.6 Å². The van der Waals surface area contributed by atoms with E-state index in [1.165, 1.54) is 0 Å². The molecule has 0 fully saturated rings. The minimum absolute atomic E-state index is 0.0146. The van der Waals surface area contributed by atoms with Crippen LogP contribution in [0.4, 0.5) is 5.69 Å². The lowest BCUT2D eigenvalue weighted by atomic mass is 10.0. The first-order valence-corrected chi connectivity index (χ1v) is 11.2. The minimum Gasteiger partial charge on any atom is -0.497 e. The van der Waals surface area contributed by atoms with Gasteiger partial charge in [-0.3, -0.25) is 9.59 Å². The molecule has 0 amide bonds. The fourth-order valence-corrected chi connectivity index (χ4v) is 4.15. The van der Waals surface area contributed by atoms with E-state index in [0.29, 0.717) is 16.8 Å². The van der Waals surface area contributed by atoms with Crippen molar-refractivity contribution in [1.82, 2.24) is 4.40 Å². The normalized spacial score (nSPS) is 10.9. The van der Waals surface area contributed by atoms with Crippen molar-refractivity contribution in [2.75, 3.05) is 25.1 Å². The van der Waals surface area contributed by atoms with Crippen molar-refractivity contribution in [3.63, 3.8) is 0 Å². The number of ether oxygens (including phenoxy) is 1. The molecule has 5 heteroatoms. The first kappa shape index (κ1) is 22.3. The van der Waals surface area contributed by atoms with E-state index in [2.05, 4.69) is 18.7 Å². The van der Waals surface area contributed by atoms with E-state index in [1.807, 2.05) is 65.1 Å². The third kappa shape index (κ3) is 4.27. The molecule has 33 heavy (non-hydrogen) atoms. The molecule has 0 atom stereocenters. The average Bonchev–Trinajstić information content (AvgIpc) is 3.23. The van der Waals surface area contributed by atoms with E-state index in [9.17, 15) is 9.59 Å². The van der Waals surface area contributed by atoms with Gasteiger partial charge in [-0.2, -0.15) is 0 Å². The average molecular weight is 441 g/mol. The molecule has 0 aliphatic rings. The quantitative estimate of drug-likeness (QED) is 0.320. The van der Waals surface area contributed by atoms with Crippen molar-refractivity contribution < 1.29 is 14.3 Å². The molecule has 4 rings (SSSR count).